The Kier molecular flexibility index (Phi) is 1.47. The van der Waals surface area contributed by atoms with Crippen LogP contribution in [0.4, 0.5) is 0 Å². The highest BCUT2D eigenvalue weighted by Crippen LogP contribution is 2.42. The van der Waals surface area contributed by atoms with E-state index < -0.39 is 0 Å². The van der Waals surface area contributed by atoms with E-state index in [2.05, 4.69) is 11.8 Å². The zero-order valence-corrected chi connectivity index (χ0v) is 7.19. The normalized spacial score (nSPS) is 53.4. The molecule has 3 saturated heterocycles. The van der Waals surface area contributed by atoms with E-state index in [1.807, 2.05) is 0 Å². The van der Waals surface area contributed by atoms with Gasteiger partial charge in [-0.3, -0.25) is 0 Å². The molecule has 1 nitrogen and oxygen atoms in total. The molecule has 3 heterocycles. The second-order valence-electron chi connectivity index (χ2n) is 3.92. The van der Waals surface area contributed by atoms with Gasteiger partial charge in [0, 0.05) is 6.54 Å². The molecule has 3 aliphatic heterocycles. The minimum Gasteiger partial charge on any atom is -0.302 e. The van der Waals surface area contributed by atoms with Crippen LogP contribution in [0.5, 0.6) is 0 Å². The van der Waals surface area contributed by atoms with Crippen LogP contribution >= 0.6 is 11.6 Å². The largest absolute Gasteiger partial charge is 0.302 e. The first-order valence-corrected chi connectivity index (χ1v) is 4.51. The number of piperidine rings is 3. The van der Waals surface area contributed by atoms with Crippen molar-refractivity contribution in [2.75, 3.05) is 19.6 Å². The highest BCUT2D eigenvalue weighted by Gasteiger charge is 2.42. The SMILES string of the molecule is CC12CCN(CC1)CC2Cl. The number of alkyl halides is 1. The van der Waals surface area contributed by atoms with Crippen LogP contribution in [0.15, 0.2) is 0 Å². The van der Waals surface area contributed by atoms with Gasteiger partial charge in [0.2, 0.25) is 0 Å². The second kappa shape index (κ2) is 2.12. The predicted octanol–water partition coefficient (Wildman–Crippen LogP) is 1.71. The summed E-state index contributed by atoms with van der Waals surface area (Å²) in [7, 11) is 0. The van der Waals surface area contributed by atoms with Gasteiger partial charge in [-0.05, 0) is 31.3 Å². The van der Waals surface area contributed by atoms with Crippen molar-refractivity contribution in [1.29, 1.82) is 0 Å². The van der Waals surface area contributed by atoms with Gasteiger partial charge in [0.25, 0.3) is 0 Å². The first kappa shape index (κ1) is 6.93. The number of hydrogen-bond acceptors (Lipinski definition) is 1. The van der Waals surface area contributed by atoms with Crippen LogP contribution in [-0.2, 0) is 0 Å². The second-order valence-corrected chi connectivity index (χ2v) is 4.45. The molecule has 10 heavy (non-hydrogen) atoms. The smallest absolute Gasteiger partial charge is 0.0517 e. The number of fused-ring (bicyclic) bond motifs is 3. The molecule has 0 aromatic rings. The zero-order chi connectivity index (χ0) is 7.19. The van der Waals surface area contributed by atoms with Gasteiger partial charge in [-0.1, -0.05) is 6.92 Å². The summed E-state index contributed by atoms with van der Waals surface area (Å²) in [6, 6.07) is 0. The molecule has 1 atom stereocenters. The molecule has 0 N–H and O–H groups in total. The Morgan fingerprint density at radius 2 is 2.00 bits per heavy atom. The summed E-state index contributed by atoms with van der Waals surface area (Å²) in [5.41, 5.74) is 0.469. The molecule has 0 amide bonds. The van der Waals surface area contributed by atoms with Crippen molar-refractivity contribution in [3.05, 3.63) is 0 Å². The lowest BCUT2D eigenvalue weighted by atomic mass is 9.73. The van der Waals surface area contributed by atoms with E-state index in [9.17, 15) is 0 Å². The van der Waals surface area contributed by atoms with Gasteiger partial charge < -0.3 is 4.90 Å². The highest BCUT2D eigenvalue weighted by molar-refractivity contribution is 6.21. The van der Waals surface area contributed by atoms with Crippen LogP contribution in [0, 0.1) is 5.41 Å². The first-order valence-electron chi connectivity index (χ1n) is 4.07. The van der Waals surface area contributed by atoms with Crippen LogP contribution < -0.4 is 0 Å². The predicted molar refractivity (Wildman–Crippen MR) is 43.4 cm³/mol. The number of nitrogens with zero attached hydrogens (tertiary/aromatic N) is 1. The molecule has 58 valence electrons. The third kappa shape index (κ3) is 0.876. The van der Waals surface area contributed by atoms with Crippen LogP contribution in [0.2, 0.25) is 0 Å². The quantitative estimate of drug-likeness (QED) is 0.487. The molecule has 0 aromatic heterocycles. The van der Waals surface area contributed by atoms with Gasteiger partial charge in [-0.2, -0.15) is 0 Å². The molecular formula is C8H14ClN. The Bertz CT molecular complexity index is 138. The van der Waals surface area contributed by atoms with Gasteiger partial charge in [0.1, 0.15) is 0 Å². The molecule has 3 rings (SSSR count). The van der Waals surface area contributed by atoms with E-state index >= 15 is 0 Å². The van der Waals surface area contributed by atoms with Crippen molar-refractivity contribution >= 4 is 11.6 Å². The Morgan fingerprint density at radius 1 is 1.40 bits per heavy atom. The molecule has 1 unspecified atom stereocenters. The Morgan fingerprint density at radius 3 is 2.30 bits per heavy atom. The lowest BCUT2D eigenvalue weighted by Crippen LogP contribution is -2.53. The van der Waals surface area contributed by atoms with E-state index in [4.69, 9.17) is 11.6 Å². The highest BCUT2D eigenvalue weighted by atomic mass is 35.5. The topological polar surface area (TPSA) is 3.24 Å². The molecule has 3 aliphatic rings. The van der Waals surface area contributed by atoms with Crippen molar-refractivity contribution in [1.82, 2.24) is 4.90 Å². The summed E-state index contributed by atoms with van der Waals surface area (Å²) in [6.07, 6.45) is 2.61. The van der Waals surface area contributed by atoms with Crippen LogP contribution in [-0.4, -0.2) is 29.9 Å². The van der Waals surface area contributed by atoms with Crippen molar-refractivity contribution in [3.63, 3.8) is 0 Å². The van der Waals surface area contributed by atoms with Crippen molar-refractivity contribution in [2.24, 2.45) is 5.41 Å². The summed E-state index contributed by atoms with van der Waals surface area (Å²) < 4.78 is 0. The summed E-state index contributed by atoms with van der Waals surface area (Å²) in [5.74, 6) is 0. The first-order chi connectivity index (χ1) is 4.71. The third-order valence-corrected chi connectivity index (χ3v) is 3.84. The fourth-order valence-corrected chi connectivity index (χ4v) is 2.42. The molecule has 3 fully saturated rings. The lowest BCUT2D eigenvalue weighted by molar-refractivity contribution is 0.0455. The fourth-order valence-electron chi connectivity index (χ4n) is 2.01. The summed E-state index contributed by atoms with van der Waals surface area (Å²) in [6.45, 7) is 6.01. The molecule has 0 aliphatic carbocycles. The van der Waals surface area contributed by atoms with Gasteiger partial charge in [0.15, 0.2) is 0 Å². The zero-order valence-electron chi connectivity index (χ0n) is 6.44. The van der Waals surface area contributed by atoms with Crippen molar-refractivity contribution in [2.45, 2.75) is 25.1 Å². The summed E-state index contributed by atoms with van der Waals surface area (Å²) >= 11 is 6.21. The van der Waals surface area contributed by atoms with Crippen molar-refractivity contribution < 1.29 is 0 Å². The third-order valence-electron chi connectivity index (χ3n) is 3.17. The molecule has 2 heteroatoms. The monoisotopic (exact) mass is 159 g/mol. The van der Waals surface area contributed by atoms with E-state index in [1.165, 1.54) is 25.9 Å². The van der Waals surface area contributed by atoms with Crippen LogP contribution in [0.1, 0.15) is 19.8 Å². The minimum atomic E-state index is 0.412. The summed E-state index contributed by atoms with van der Waals surface area (Å²) in [5, 5.41) is 0.412. The number of hydrogen-bond donors (Lipinski definition) is 0. The van der Waals surface area contributed by atoms with Crippen LogP contribution in [0.25, 0.3) is 0 Å². The average Bonchev–Trinajstić information content (AvgIpc) is 1.92. The minimum absolute atomic E-state index is 0.412. The van der Waals surface area contributed by atoms with Gasteiger partial charge in [0.05, 0.1) is 5.38 Å². The van der Waals surface area contributed by atoms with E-state index in [1.54, 1.807) is 0 Å². The van der Waals surface area contributed by atoms with Gasteiger partial charge >= 0.3 is 0 Å². The molecule has 2 bridgehead atoms. The van der Waals surface area contributed by atoms with E-state index in [0.29, 0.717) is 10.8 Å². The molecule has 0 aromatic carbocycles. The van der Waals surface area contributed by atoms with Gasteiger partial charge in [-0.15, -0.1) is 11.6 Å². The maximum Gasteiger partial charge on any atom is 0.0517 e. The number of rotatable bonds is 0. The van der Waals surface area contributed by atoms with E-state index in [-0.39, 0.29) is 0 Å². The molecule has 0 saturated carbocycles. The standard InChI is InChI=1S/C8H14ClN/c1-8-2-4-10(5-3-8)6-7(8)9/h7H,2-6H2,1H3. The molecule has 0 spiro atoms. The van der Waals surface area contributed by atoms with Crippen LogP contribution in [0.3, 0.4) is 0 Å². The maximum absolute atomic E-state index is 6.21. The van der Waals surface area contributed by atoms with Gasteiger partial charge in [-0.25, -0.2) is 0 Å². The Balaban J connectivity index is 2.17. The molecular weight excluding hydrogens is 146 g/mol. The van der Waals surface area contributed by atoms with Crippen molar-refractivity contribution in [3.8, 4) is 0 Å². The Hall–Kier alpha value is 0.250. The average molecular weight is 160 g/mol. The number of halogens is 1. The molecule has 0 radical (unpaired) electrons. The fraction of sp³-hybridized carbons (Fsp3) is 1.00. The van der Waals surface area contributed by atoms with E-state index in [0.717, 1.165) is 6.54 Å². The Labute approximate surface area is 67.3 Å². The summed E-state index contributed by atoms with van der Waals surface area (Å²) in [4.78, 5) is 2.48. The maximum atomic E-state index is 6.21. The lowest BCUT2D eigenvalue weighted by Gasteiger charge is -2.49.